The van der Waals surface area contributed by atoms with Gasteiger partial charge in [0.2, 0.25) is 5.91 Å². The zero-order chi connectivity index (χ0) is 19.8. The van der Waals surface area contributed by atoms with Crippen molar-refractivity contribution in [1.29, 1.82) is 0 Å². The number of amides is 3. The predicted molar refractivity (Wildman–Crippen MR) is 107 cm³/mol. The number of carbonyl (C=O) groups is 3. The van der Waals surface area contributed by atoms with Crippen molar-refractivity contribution in [3.8, 4) is 0 Å². The maximum atomic E-state index is 12.1. The maximum Gasteiger partial charge on any atom is 0.269 e. The third-order valence-electron chi connectivity index (χ3n) is 3.96. The van der Waals surface area contributed by atoms with E-state index in [-0.39, 0.29) is 12.3 Å². The first kappa shape index (κ1) is 18.8. The number of hydrogen-bond donors (Lipinski definition) is 3. The summed E-state index contributed by atoms with van der Waals surface area (Å²) in [5, 5.41) is 2.79. The van der Waals surface area contributed by atoms with Crippen LogP contribution in [0.2, 0.25) is 0 Å². The van der Waals surface area contributed by atoms with Crippen LogP contribution in [0.3, 0.4) is 0 Å². The number of carbonyl (C=O) groups excluding carboxylic acids is 3. The first-order chi connectivity index (χ1) is 13.6. The van der Waals surface area contributed by atoms with Gasteiger partial charge in [0.1, 0.15) is 0 Å². The van der Waals surface area contributed by atoms with Crippen LogP contribution in [-0.4, -0.2) is 17.7 Å². The molecule has 0 aliphatic carbocycles. The maximum absolute atomic E-state index is 12.1. The Labute approximate surface area is 162 Å². The number of anilines is 1. The van der Waals surface area contributed by atoms with Gasteiger partial charge in [0.15, 0.2) is 0 Å². The molecule has 0 saturated carbocycles. The van der Waals surface area contributed by atoms with Crippen molar-refractivity contribution >= 4 is 23.4 Å². The molecule has 3 rings (SSSR count). The summed E-state index contributed by atoms with van der Waals surface area (Å²) in [6.45, 7) is 0. The molecule has 3 amide bonds. The lowest BCUT2D eigenvalue weighted by atomic mass is 10.1. The van der Waals surface area contributed by atoms with Crippen molar-refractivity contribution < 1.29 is 14.4 Å². The summed E-state index contributed by atoms with van der Waals surface area (Å²) in [4.78, 5) is 36.1. The quantitative estimate of drug-likeness (QED) is 0.601. The highest BCUT2D eigenvalue weighted by atomic mass is 16.2. The van der Waals surface area contributed by atoms with E-state index in [1.165, 1.54) is 0 Å². The molecule has 0 aliphatic heterocycles. The second-order valence-corrected chi connectivity index (χ2v) is 6.06. The minimum atomic E-state index is -0.452. The van der Waals surface area contributed by atoms with E-state index in [4.69, 9.17) is 0 Å². The minimum Gasteiger partial charge on any atom is -0.326 e. The van der Waals surface area contributed by atoms with Crippen LogP contribution in [0, 0.1) is 0 Å². The Morgan fingerprint density at radius 2 is 1.11 bits per heavy atom. The molecule has 28 heavy (non-hydrogen) atoms. The van der Waals surface area contributed by atoms with Crippen LogP contribution in [0.5, 0.6) is 0 Å². The number of benzene rings is 3. The van der Waals surface area contributed by atoms with Crippen molar-refractivity contribution in [2.75, 3.05) is 5.32 Å². The topological polar surface area (TPSA) is 87.3 Å². The molecule has 0 saturated heterocycles. The van der Waals surface area contributed by atoms with Gasteiger partial charge in [0, 0.05) is 16.8 Å². The van der Waals surface area contributed by atoms with Crippen LogP contribution in [0.15, 0.2) is 84.9 Å². The van der Waals surface area contributed by atoms with E-state index in [9.17, 15) is 14.4 Å². The van der Waals surface area contributed by atoms with Crippen LogP contribution in [0.25, 0.3) is 0 Å². The molecule has 0 unspecified atom stereocenters. The Balaban J connectivity index is 1.51. The fraction of sp³-hybridized carbons (Fsp3) is 0.0455. The van der Waals surface area contributed by atoms with E-state index in [1.54, 1.807) is 54.6 Å². The highest BCUT2D eigenvalue weighted by molar-refractivity contribution is 5.99. The summed E-state index contributed by atoms with van der Waals surface area (Å²) in [6.07, 6.45) is 0.272. The van der Waals surface area contributed by atoms with E-state index in [0.717, 1.165) is 5.56 Å². The van der Waals surface area contributed by atoms with Crippen LogP contribution in [0.4, 0.5) is 5.69 Å². The van der Waals surface area contributed by atoms with E-state index in [2.05, 4.69) is 16.2 Å². The van der Waals surface area contributed by atoms with Gasteiger partial charge in [-0.3, -0.25) is 25.2 Å². The van der Waals surface area contributed by atoms with Gasteiger partial charge < -0.3 is 5.32 Å². The molecule has 0 bridgehead atoms. The number of hydrogen-bond acceptors (Lipinski definition) is 3. The van der Waals surface area contributed by atoms with Gasteiger partial charge in [-0.25, -0.2) is 0 Å². The van der Waals surface area contributed by atoms with Gasteiger partial charge in [0.25, 0.3) is 11.8 Å². The Bertz CT molecular complexity index is 955. The number of nitrogens with one attached hydrogen (secondary N) is 3. The average molecular weight is 373 g/mol. The highest BCUT2D eigenvalue weighted by Gasteiger charge is 2.09. The molecular weight excluding hydrogens is 354 g/mol. The van der Waals surface area contributed by atoms with Crippen molar-refractivity contribution in [3.05, 3.63) is 102 Å². The molecule has 6 nitrogen and oxygen atoms in total. The molecule has 140 valence electrons. The number of hydrazine groups is 1. The lowest BCUT2D eigenvalue weighted by Gasteiger charge is -2.09. The second kappa shape index (κ2) is 9.14. The summed E-state index contributed by atoms with van der Waals surface area (Å²) < 4.78 is 0. The van der Waals surface area contributed by atoms with Crippen LogP contribution in [-0.2, 0) is 11.2 Å². The molecule has 0 aliphatic rings. The first-order valence-corrected chi connectivity index (χ1v) is 8.71. The zero-order valence-corrected chi connectivity index (χ0v) is 15.0. The summed E-state index contributed by atoms with van der Waals surface area (Å²) in [5.41, 5.74) is 7.04. The van der Waals surface area contributed by atoms with E-state index < -0.39 is 11.8 Å². The van der Waals surface area contributed by atoms with E-state index >= 15 is 0 Å². The third-order valence-corrected chi connectivity index (χ3v) is 3.96. The first-order valence-electron chi connectivity index (χ1n) is 8.71. The van der Waals surface area contributed by atoms with Gasteiger partial charge in [-0.1, -0.05) is 48.5 Å². The SMILES string of the molecule is O=C(Cc1ccccc1)Nc1ccc(C(=O)NNC(=O)c2ccccc2)cc1. The van der Waals surface area contributed by atoms with Gasteiger partial charge in [-0.05, 0) is 42.0 Å². The highest BCUT2D eigenvalue weighted by Crippen LogP contribution is 2.10. The summed E-state index contributed by atoms with van der Waals surface area (Å²) >= 11 is 0. The van der Waals surface area contributed by atoms with Crippen LogP contribution >= 0.6 is 0 Å². The molecule has 0 radical (unpaired) electrons. The largest absolute Gasteiger partial charge is 0.326 e. The van der Waals surface area contributed by atoms with Crippen LogP contribution < -0.4 is 16.2 Å². The Hall–Kier alpha value is -3.93. The molecule has 0 fully saturated rings. The Morgan fingerprint density at radius 1 is 0.607 bits per heavy atom. The molecule has 0 spiro atoms. The summed E-state index contributed by atoms with van der Waals surface area (Å²) in [5.74, 6) is -0.997. The third kappa shape index (κ3) is 5.28. The fourth-order valence-electron chi connectivity index (χ4n) is 2.54. The summed E-state index contributed by atoms with van der Waals surface area (Å²) in [7, 11) is 0. The van der Waals surface area contributed by atoms with Crippen molar-refractivity contribution in [1.82, 2.24) is 10.9 Å². The van der Waals surface area contributed by atoms with Gasteiger partial charge in [0.05, 0.1) is 6.42 Å². The Morgan fingerprint density at radius 3 is 1.68 bits per heavy atom. The minimum absolute atomic E-state index is 0.140. The Kier molecular flexibility index (Phi) is 6.15. The lowest BCUT2D eigenvalue weighted by molar-refractivity contribution is -0.115. The molecule has 3 aromatic carbocycles. The van der Waals surface area contributed by atoms with E-state index in [1.807, 2.05) is 30.3 Å². The van der Waals surface area contributed by atoms with Crippen molar-refractivity contribution in [2.45, 2.75) is 6.42 Å². The lowest BCUT2D eigenvalue weighted by Crippen LogP contribution is -2.41. The molecule has 0 heterocycles. The predicted octanol–water partition coefficient (Wildman–Crippen LogP) is 2.94. The van der Waals surface area contributed by atoms with Gasteiger partial charge in [-0.2, -0.15) is 0 Å². The fourth-order valence-corrected chi connectivity index (χ4v) is 2.54. The van der Waals surface area contributed by atoms with Crippen molar-refractivity contribution in [2.24, 2.45) is 0 Å². The van der Waals surface area contributed by atoms with Gasteiger partial charge >= 0.3 is 0 Å². The second-order valence-electron chi connectivity index (χ2n) is 6.06. The normalized spacial score (nSPS) is 10.0. The standard InChI is InChI=1S/C22H19N3O3/c26-20(15-16-7-3-1-4-8-16)23-19-13-11-18(12-14-19)22(28)25-24-21(27)17-9-5-2-6-10-17/h1-14H,15H2,(H,23,26)(H,24,27)(H,25,28). The molecule has 3 N–H and O–H groups in total. The molecule has 6 heteroatoms. The van der Waals surface area contributed by atoms with Crippen LogP contribution in [0.1, 0.15) is 26.3 Å². The molecule has 0 aromatic heterocycles. The van der Waals surface area contributed by atoms with Gasteiger partial charge in [-0.15, -0.1) is 0 Å². The average Bonchev–Trinajstić information content (AvgIpc) is 2.73. The number of rotatable bonds is 5. The monoisotopic (exact) mass is 373 g/mol. The molecule has 3 aromatic rings. The summed E-state index contributed by atoms with van der Waals surface area (Å²) in [6, 6.07) is 24.4. The molecule has 0 atom stereocenters. The van der Waals surface area contributed by atoms with Crippen molar-refractivity contribution in [3.63, 3.8) is 0 Å². The smallest absolute Gasteiger partial charge is 0.269 e. The van der Waals surface area contributed by atoms with E-state index in [0.29, 0.717) is 16.8 Å². The molecular formula is C22H19N3O3. The zero-order valence-electron chi connectivity index (χ0n) is 15.0.